The standard InChI is InChI=1S/C13H9F3O2/c14-13(15,16)9-3-1-8(2-4-9)11-6-5-10(17)7-12(11)18/h1-7,17-18H. The molecule has 0 saturated heterocycles. The molecule has 0 heterocycles. The molecule has 0 aliphatic heterocycles. The van der Waals surface area contributed by atoms with E-state index in [4.69, 9.17) is 5.11 Å². The number of aromatic hydroxyl groups is 2. The molecular weight excluding hydrogens is 245 g/mol. The molecule has 0 atom stereocenters. The Morgan fingerprint density at radius 1 is 0.833 bits per heavy atom. The number of halogens is 3. The summed E-state index contributed by atoms with van der Waals surface area (Å²) in [5.41, 5.74) is 0.0616. The average molecular weight is 254 g/mol. The van der Waals surface area contributed by atoms with Gasteiger partial charge in [-0.25, -0.2) is 0 Å². The third-order valence-electron chi connectivity index (χ3n) is 2.50. The highest BCUT2D eigenvalue weighted by atomic mass is 19.4. The summed E-state index contributed by atoms with van der Waals surface area (Å²) in [6.45, 7) is 0. The van der Waals surface area contributed by atoms with Crippen LogP contribution >= 0.6 is 0 Å². The van der Waals surface area contributed by atoms with Gasteiger partial charge in [-0.1, -0.05) is 12.1 Å². The molecule has 0 aliphatic carbocycles. The maximum absolute atomic E-state index is 12.4. The van der Waals surface area contributed by atoms with Crippen LogP contribution < -0.4 is 0 Å². The number of alkyl halides is 3. The molecule has 94 valence electrons. The molecule has 2 aromatic carbocycles. The molecule has 0 aliphatic rings. The lowest BCUT2D eigenvalue weighted by molar-refractivity contribution is -0.137. The summed E-state index contributed by atoms with van der Waals surface area (Å²) in [5.74, 6) is -0.294. The summed E-state index contributed by atoms with van der Waals surface area (Å²) in [6.07, 6.45) is -4.38. The fourth-order valence-electron chi connectivity index (χ4n) is 1.60. The quantitative estimate of drug-likeness (QED) is 0.812. The maximum atomic E-state index is 12.4. The highest BCUT2D eigenvalue weighted by molar-refractivity contribution is 5.71. The number of rotatable bonds is 1. The molecule has 0 spiro atoms. The van der Waals surface area contributed by atoms with Crippen molar-refractivity contribution in [3.05, 3.63) is 48.0 Å². The summed E-state index contributed by atoms with van der Waals surface area (Å²) < 4.78 is 37.1. The van der Waals surface area contributed by atoms with Crippen molar-refractivity contribution < 1.29 is 23.4 Å². The van der Waals surface area contributed by atoms with Gasteiger partial charge in [-0.05, 0) is 29.8 Å². The SMILES string of the molecule is Oc1ccc(-c2ccc(C(F)(F)F)cc2)c(O)c1. The Morgan fingerprint density at radius 2 is 1.44 bits per heavy atom. The summed E-state index contributed by atoms with van der Waals surface area (Å²) >= 11 is 0. The van der Waals surface area contributed by atoms with Crippen LogP contribution in [0.4, 0.5) is 13.2 Å². The third kappa shape index (κ3) is 2.40. The predicted molar refractivity (Wildman–Crippen MR) is 60.2 cm³/mol. The van der Waals surface area contributed by atoms with Crippen LogP contribution in [0.1, 0.15) is 5.56 Å². The zero-order chi connectivity index (χ0) is 13.3. The fourth-order valence-corrected chi connectivity index (χ4v) is 1.60. The van der Waals surface area contributed by atoms with Gasteiger partial charge in [-0.15, -0.1) is 0 Å². The second kappa shape index (κ2) is 4.25. The van der Waals surface area contributed by atoms with Crippen molar-refractivity contribution in [2.24, 2.45) is 0 Å². The van der Waals surface area contributed by atoms with Crippen LogP contribution in [-0.2, 0) is 6.18 Å². The first-order chi connectivity index (χ1) is 8.38. The van der Waals surface area contributed by atoms with Gasteiger partial charge in [0.1, 0.15) is 11.5 Å². The van der Waals surface area contributed by atoms with E-state index in [0.29, 0.717) is 11.1 Å². The second-order valence-electron chi connectivity index (χ2n) is 3.78. The van der Waals surface area contributed by atoms with Crippen LogP contribution in [0, 0.1) is 0 Å². The Balaban J connectivity index is 2.41. The fraction of sp³-hybridized carbons (Fsp3) is 0.0769. The molecule has 2 aromatic rings. The minimum absolute atomic E-state index is 0.108. The minimum Gasteiger partial charge on any atom is -0.508 e. The van der Waals surface area contributed by atoms with Crippen molar-refractivity contribution >= 4 is 0 Å². The van der Waals surface area contributed by atoms with Crippen molar-refractivity contribution in [1.82, 2.24) is 0 Å². The number of phenols is 2. The lowest BCUT2D eigenvalue weighted by Crippen LogP contribution is -2.03. The Bertz CT molecular complexity index is 559. The molecular formula is C13H9F3O2. The molecule has 0 unspecified atom stereocenters. The molecule has 0 amide bonds. The van der Waals surface area contributed by atoms with Gasteiger partial charge in [-0.2, -0.15) is 13.2 Å². The van der Waals surface area contributed by atoms with Gasteiger partial charge in [0.05, 0.1) is 5.56 Å². The van der Waals surface area contributed by atoms with E-state index in [1.165, 1.54) is 24.3 Å². The Kier molecular flexibility index (Phi) is 2.90. The van der Waals surface area contributed by atoms with Gasteiger partial charge in [0.25, 0.3) is 0 Å². The Morgan fingerprint density at radius 3 is 1.94 bits per heavy atom. The topological polar surface area (TPSA) is 40.5 Å². The van der Waals surface area contributed by atoms with Gasteiger partial charge in [-0.3, -0.25) is 0 Å². The Hall–Kier alpha value is -2.17. The summed E-state index contributed by atoms with van der Waals surface area (Å²) in [5, 5.41) is 18.7. The van der Waals surface area contributed by atoms with Crippen molar-refractivity contribution in [2.45, 2.75) is 6.18 Å². The molecule has 0 aromatic heterocycles. The van der Waals surface area contributed by atoms with Crippen molar-refractivity contribution in [3.8, 4) is 22.6 Å². The molecule has 2 rings (SSSR count). The summed E-state index contributed by atoms with van der Waals surface area (Å²) in [7, 11) is 0. The molecule has 0 radical (unpaired) electrons. The molecule has 0 bridgehead atoms. The highest BCUT2D eigenvalue weighted by Crippen LogP contribution is 2.34. The van der Waals surface area contributed by atoms with Gasteiger partial charge in [0, 0.05) is 11.6 Å². The second-order valence-corrected chi connectivity index (χ2v) is 3.78. The van der Waals surface area contributed by atoms with Crippen molar-refractivity contribution in [2.75, 3.05) is 0 Å². The zero-order valence-electron chi connectivity index (χ0n) is 9.07. The zero-order valence-corrected chi connectivity index (χ0v) is 9.07. The van der Waals surface area contributed by atoms with Gasteiger partial charge >= 0.3 is 6.18 Å². The predicted octanol–water partition coefficient (Wildman–Crippen LogP) is 3.78. The summed E-state index contributed by atoms with van der Waals surface area (Å²) in [6, 6.07) is 8.36. The molecule has 5 heteroatoms. The van der Waals surface area contributed by atoms with E-state index >= 15 is 0 Å². The normalized spacial score (nSPS) is 11.5. The highest BCUT2D eigenvalue weighted by Gasteiger charge is 2.30. The van der Waals surface area contributed by atoms with Crippen LogP contribution in [0.15, 0.2) is 42.5 Å². The number of phenolic OH excluding ortho intramolecular Hbond substituents is 2. The average Bonchev–Trinajstić information content (AvgIpc) is 2.28. The number of hydrogen-bond acceptors (Lipinski definition) is 2. The van der Waals surface area contributed by atoms with Gasteiger partial charge in [0.2, 0.25) is 0 Å². The maximum Gasteiger partial charge on any atom is 0.416 e. The van der Waals surface area contributed by atoms with E-state index in [0.717, 1.165) is 18.2 Å². The van der Waals surface area contributed by atoms with E-state index in [9.17, 15) is 18.3 Å². The first kappa shape index (κ1) is 12.3. The van der Waals surface area contributed by atoms with Crippen LogP contribution in [0.25, 0.3) is 11.1 Å². The van der Waals surface area contributed by atoms with E-state index < -0.39 is 11.7 Å². The van der Waals surface area contributed by atoms with E-state index in [-0.39, 0.29) is 11.5 Å². The smallest absolute Gasteiger partial charge is 0.416 e. The van der Waals surface area contributed by atoms with Crippen LogP contribution in [0.5, 0.6) is 11.5 Å². The number of hydrogen-bond donors (Lipinski definition) is 2. The summed E-state index contributed by atoms with van der Waals surface area (Å²) in [4.78, 5) is 0. The largest absolute Gasteiger partial charge is 0.508 e. The van der Waals surface area contributed by atoms with Crippen LogP contribution in [-0.4, -0.2) is 10.2 Å². The molecule has 0 saturated carbocycles. The molecule has 2 N–H and O–H groups in total. The molecule has 0 fully saturated rings. The van der Waals surface area contributed by atoms with E-state index in [2.05, 4.69) is 0 Å². The van der Waals surface area contributed by atoms with Crippen LogP contribution in [0.3, 0.4) is 0 Å². The van der Waals surface area contributed by atoms with Crippen molar-refractivity contribution in [1.29, 1.82) is 0 Å². The lowest BCUT2D eigenvalue weighted by atomic mass is 10.0. The first-order valence-electron chi connectivity index (χ1n) is 5.07. The molecule has 18 heavy (non-hydrogen) atoms. The molecule has 2 nitrogen and oxygen atoms in total. The van der Waals surface area contributed by atoms with Gasteiger partial charge < -0.3 is 10.2 Å². The monoisotopic (exact) mass is 254 g/mol. The van der Waals surface area contributed by atoms with Crippen molar-refractivity contribution in [3.63, 3.8) is 0 Å². The van der Waals surface area contributed by atoms with Gasteiger partial charge in [0.15, 0.2) is 0 Å². The first-order valence-corrected chi connectivity index (χ1v) is 5.07. The third-order valence-corrected chi connectivity index (χ3v) is 2.50. The number of benzene rings is 2. The van der Waals surface area contributed by atoms with E-state index in [1.807, 2.05) is 0 Å². The lowest BCUT2D eigenvalue weighted by Gasteiger charge is -2.09. The minimum atomic E-state index is -4.38. The van der Waals surface area contributed by atoms with Crippen LogP contribution in [0.2, 0.25) is 0 Å². The Labute approximate surface area is 101 Å². The van der Waals surface area contributed by atoms with E-state index in [1.54, 1.807) is 0 Å².